The molecule has 3 nitrogen and oxygen atoms in total. The molecule has 0 fully saturated rings. The third-order valence-electron chi connectivity index (χ3n) is 6.48. The fraction of sp³-hybridized carbons (Fsp3) is 0.880. The van der Waals surface area contributed by atoms with Gasteiger partial charge in [0.15, 0.2) is 8.32 Å². The predicted octanol–water partition coefficient (Wildman–Crippen LogP) is 8.50. The van der Waals surface area contributed by atoms with Crippen LogP contribution in [0, 0.1) is 0 Å². The van der Waals surface area contributed by atoms with Gasteiger partial charge in [0.05, 0.1) is 11.7 Å². The molecule has 4 heteroatoms. The van der Waals surface area contributed by atoms with Crippen LogP contribution in [-0.4, -0.2) is 25.5 Å². The van der Waals surface area contributed by atoms with Crippen LogP contribution in [0.3, 0.4) is 0 Å². The Labute approximate surface area is 182 Å². The Bertz CT molecular complexity index is 451. The molecule has 172 valence electrons. The van der Waals surface area contributed by atoms with Crippen molar-refractivity contribution in [1.29, 1.82) is 0 Å². The minimum absolute atomic E-state index is 0.0695. The van der Waals surface area contributed by atoms with Crippen molar-refractivity contribution in [3.63, 3.8) is 0 Å². The summed E-state index contributed by atoms with van der Waals surface area (Å²) in [7, 11) is -2.01. The van der Waals surface area contributed by atoms with E-state index >= 15 is 0 Å². The summed E-state index contributed by atoms with van der Waals surface area (Å²) < 4.78 is 6.39. The highest BCUT2D eigenvalue weighted by Gasteiger charge is 2.40. The summed E-state index contributed by atoms with van der Waals surface area (Å²) in [5, 5.41) is 9.46. The van der Waals surface area contributed by atoms with Gasteiger partial charge < -0.3 is 9.53 Å². The van der Waals surface area contributed by atoms with E-state index in [1.165, 1.54) is 70.6 Å². The Morgan fingerprint density at radius 3 is 1.59 bits per heavy atom. The van der Waals surface area contributed by atoms with Crippen LogP contribution in [0.2, 0.25) is 18.1 Å². The lowest BCUT2D eigenvalue weighted by atomic mass is 10.0. The van der Waals surface area contributed by atoms with Gasteiger partial charge in [-0.3, -0.25) is 0 Å². The van der Waals surface area contributed by atoms with Crippen LogP contribution in [0.15, 0.2) is 12.2 Å². The molecular formula is C25H50O3Si. The van der Waals surface area contributed by atoms with Gasteiger partial charge in [-0.15, -0.1) is 0 Å². The van der Waals surface area contributed by atoms with Gasteiger partial charge in [-0.1, -0.05) is 118 Å². The van der Waals surface area contributed by atoms with Crippen molar-refractivity contribution in [2.24, 2.45) is 0 Å². The summed E-state index contributed by atoms with van der Waals surface area (Å²) in [6, 6.07) is 0. The zero-order valence-electron chi connectivity index (χ0n) is 20.4. The molecule has 0 unspecified atom stereocenters. The summed E-state index contributed by atoms with van der Waals surface area (Å²) in [5.74, 6) is -0.927. The minimum Gasteiger partial charge on any atom is -0.478 e. The molecule has 0 spiro atoms. The van der Waals surface area contributed by atoms with E-state index in [9.17, 15) is 9.90 Å². The molecule has 1 N–H and O–H groups in total. The standard InChI is InChI=1S/C25H50O3Si/c1-8-9-10-11-12-13-14-15-16-17-18-19-20-21-23(22(2)24(26)27)28-29(6,7)25(3,4)5/h23H,2,8-21H2,1,3-7H3,(H,26,27)/t23-/m0/s1. The molecule has 0 bridgehead atoms. The Morgan fingerprint density at radius 1 is 0.862 bits per heavy atom. The summed E-state index contributed by atoms with van der Waals surface area (Å²) in [5.41, 5.74) is 0.216. The Kier molecular flexibility index (Phi) is 14.9. The average molecular weight is 427 g/mol. The van der Waals surface area contributed by atoms with E-state index in [2.05, 4.69) is 47.4 Å². The highest BCUT2D eigenvalue weighted by Crippen LogP contribution is 2.38. The topological polar surface area (TPSA) is 46.5 Å². The molecule has 0 heterocycles. The molecule has 0 aromatic heterocycles. The fourth-order valence-electron chi connectivity index (χ4n) is 3.32. The van der Waals surface area contributed by atoms with Gasteiger partial charge in [0, 0.05) is 0 Å². The van der Waals surface area contributed by atoms with Gasteiger partial charge >= 0.3 is 5.97 Å². The number of hydrogen-bond donors (Lipinski definition) is 1. The first-order valence-electron chi connectivity index (χ1n) is 12.1. The van der Waals surface area contributed by atoms with Gasteiger partial charge in [0.2, 0.25) is 0 Å². The summed E-state index contributed by atoms with van der Waals surface area (Å²) in [6.45, 7) is 17.0. The van der Waals surface area contributed by atoms with E-state index in [4.69, 9.17) is 4.43 Å². The van der Waals surface area contributed by atoms with Crippen molar-refractivity contribution in [2.45, 2.75) is 142 Å². The van der Waals surface area contributed by atoms with Gasteiger partial charge in [0.25, 0.3) is 0 Å². The number of carboxylic acids is 1. The zero-order chi connectivity index (χ0) is 22.3. The smallest absolute Gasteiger partial charge is 0.333 e. The Hall–Kier alpha value is -0.613. The molecule has 1 atom stereocenters. The van der Waals surface area contributed by atoms with Gasteiger partial charge in [-0.05, 0) is 24.6 Å². The second-order valence-corrected chi connectivity index (χ2v) is 15.0. The van der Waals surface area contributed by atoms with Crippen molar-refractivity contribution in [3.8, 4) is 0 Å². The van der Waals surface area contributed by atoms with Gasteiger partial charge in [-0.2, -0.15) is 0 Å². The second kappa shape index (κ2) is 15.2. The number of hydrogen-bond acceptors (Lipinski definition) is 2. The SMILES string of the molecule is C=C(C(=O)O)[C@H](CCCCCCCCCCCCCCC)O[Si](C)(C)C(C)(C)C. The molecule has 0 rings (SSSR count). The van der Waals surface area contributed by atoms with Gasteiger partial charge in [-0.25, -0.2) is 4.79 Å². The third kappa shape index (κ3) is 13.3. The predicted molar refractivity (Wildman–Crippen MR) is 129 cm³/mol. The Balaban J connectivity index is 4.01. The summed E-state index contributed by atoms with van der Waals surface area (Å²) >= 11 is 0. The van der Waals surface area contributed by atoms with Crippen LogP contribution in [0.4, 0.5) is 0 Å². The average Bonchev–Trinajstić information content (AvgIpc) is 2.62. The number of aliphatic carboxylic acids is 1. The molecule has 0 aliphatic rings. The monoisotopic (exact) mass is 426 g/mol. The molecule has 0 aromatic carbocycles. The summed E-state index contributed by atoms with van der Waals surface area (Å²) in [6.07, 6.45) is 17.5. The molecule has 0 amide bonds. The first-order chi connectivity index (χ1) is 13.5. The Morgan fingerprint density at radius 2 is 1.24 bits per heavy atom. The molecular weight excluding hydrogens is 376 g/mol. The largest absolute Gasteiger partial charge is 0.478 e. The fourth-order valence-corrected chi connectivity index (χ4v) is 4.65. The quantitative estimate of drug-likeness (QED) is 0.136. The van der Waals surface area contributed by atoms with Crippen molar-refractivity contribution in [1.82, 2.24) is 0 Å². The maximum absolute atomic E-state index is 11.4. The molecule has 0 radical (unpaired) electrons. The van der Waals surface area contributed by atoms with Crippen LogP contribution in [0.1, 0.15) is 118 Å². The maximum atomic E-state index is 11.4. The van der Waals surface area contributed by atoms with E-state index in [-0.39, 0.29) is 16.7 Å². The van der Waals surface area contributed by atoms with Crippen LogP contribution >= 0.6 is 0 Å². The molecule has 0 saturated carbocycles. The lowest BCUT2D eigenvalue weighted by Crippen LogP contribution is -2.45. The lowest BCUT2D eigenvalue weighted by Gasteiger charge is -2.39. The normalized spacial score (nSPS) is 13.4. The van der Waals surface area contributed by atoms with Crippen molar-refractivity contribution in [2.75, 3.05) is 0 Å². The van der Waals surface area contributed by atoms with Crippen LogP contribution < -0.4 is 0 Å². The van der Waals surface area contributed by atoms with E-state index in [1.807, 2.05) is 0 Å². The van der Waals surface area contributed by atoms with E-state index in [1.54, 1.807) is 0 Å². The molecule has 0 aliphatic heterocycles. The zero-order valence-corrected chi connectivity index (χ0v) is 21.4. The van der Waals surface area contributed by atoms with E-state index in [0.29, 0.717) is 0 Å². The maximum Gasteiger partial charge on any atom is 0.333 e. The molecule has 29 heavy (non-hydrogen) atoms. The van der Waals surface area contributed by atoms with Gasteiger partial charge in [0.1, 0.15) is 0 Å². The number of unbranched alkanes of at least 4 members (excludes halogenated alkanes) is 12. The van der Waals surface area contributed by atoms with Crippen molar-refractivity contribution >= 4 is 14.3 Å². The van der Waals surface area contributed by atoms with E-state index in [0.717, 1.165) is 19.3 Å². The van der Waals surface area contributed by atoms with Crippen LogP contribution in [0.5, 0.6) is 0 Å². The van der Waals surface area contributed by atoms with Crippen molar-refractivity contribution < 1.29 is 14.3 Å². The minimum atomic E-state index is -2.01. The lowest BCUT2D eigenvalue weighted by molar-refractivity contribution is -0.133. The van der Waals surface area contributed by atoms with Crippen LogP contribution in [-0.2, 0) is 9.22 Å². The second-order valence-electron chi connectivity index (χ2n) is 10.2. The van der Waals surface area contributed by atoms with Crippen LogP contribution in [0.25, 0.3) is 0 Å². The number of rotatable bonds is 18. The third-order valence-corrected chi connectivity index (χ3v) is 11.0. The van der Waals surface area contributed by atoms with Crippen molar-refractivity contribution in [3.05, 3.63) is 12.2 Å². The molecule has 0 aromatic rings. The number of carboxylic acid groups (broad SMARTS) is 1. The highest BCUT2D eigenvalue weighted by atomic mass is 28.4. The highest BCUT2D eigenvalue weighted by molar-refractivity contribution is 6.74. The molecule has 0 saturated heterocycles. The first kappa shape index (κ1) is 28.4. The van der Waals surface area contributed by atoms with E-state index < -0.39 is 14.3 Å². The number of carbonyl (C=O) groups is 1. The first-order valence-corrected chi connectivity index (χ1v) is 15.0. The molecule has 0 aliphatic carbocycles. The summed E-state index contributed by atoms with van der Waals surface area (Å²) in [4.78, 5) is 11.4.